The second-order valence-electron chi connectivity index (χ2n) is 6.49. The Morgan fingerprint density at radius 3 is 2.79 bits per heavy atom. The summed E-state index contributed by atoms with van der Waals surface area (Å²) < 4.78 is 10.9. The van der Waals surface area contributed by atoms with Gasteiger partial charge in [-0.05, 0) is 43.2 Å². The van der Waals surface area contributed by atoms with Crippen molar-refractivity contribution in [3.8, 4) is 11.5 Å². The topological polar surface area (TPSA) is 67.9 Å². The third-order valence-corrected chi connectivity index (χ3v) is 4.71. The van der Waals surface area contributed by atoms with Crippen molar-refractivity contribution in [2.24, 2.45) is 0 Å². The number of benzene rings is 2. The predicted octanol–water partition coefficient (Wildman–Crippen LogP) is 4.52. The molecular weight excluding hydrogens is 380 g/mol. The molecule has 0 atom stereocenters. The van der Waals surface area contributed by atoms with Gasteiger partial charge in [0.2, 0.25) is 5.91 Å². The van der Waals surface area contributed by atoms with E-state index >= 15 is 0 Å². The minimum atomic E-state index is -0.327. The van der Waals surface area contributed by atoms with Crippen molar-refractivity contribution in [3.63, 3.8) is 0 Å². The van der Waals surface area contributed by atoms with E-state index < -0.39 is 0 Å². The van der Waals surface area contributed by atoms with Gasteiger partial charge in [-0.25, -0.2) is 0 Å². The first-order valence-corrected chi connectivity index (χ1v) is 9.63. The van der Waals surface area contributed by atoms with Gasteiger partial charge in [-0.3, -0.25) is 9.59 Å². The highest BCUT2D eigenvalue weighted by Crippen LogP contribution is 2.36. The number of halogens is 1. The first kappa shape index (κ1) is 20.0. The highest BCUT2D eigenvalue weighted by molar-refractivity contribution is 6.32. The molecule has 0 aromatic heterocycles. The number of hydrogen-bond acceptors (Lipinski definition) is 4. The Hall–Kier alpha value is -2.73. The number of ether oxygens (including phenoxy) is 2. The van der Waals surface area contributed by atoms with E-state index in [-0.39, 0.29) is 11.8 Å². The van der Waals surface area contributed by atoms with Gasteiger partial charge in [-0.15, -0.1) is 0 Å². The van der Waals surface area contributed by atoms with Crippen LogP contribution >= 0.6 is 11.6 Å². The summed E-state index contributed by atoms with van der Waals surface area (Å²) in [5.41, 5.74) is 1.73. The standard InChI is InChI=1S/C21H23ClN2O4/c1-3-10-28-20-17(22)11-14(12-18(20)27-2)21(26)23-15-6-4-7-16(13-15)24-9-5-8-19(24)25/h4,6-7,11-13H,3,5,8-10H2,1-2H3,(H,23,26). The van der Waals surface area contributed by atoms with E-state index in [0.29, 0.717) is 47.3 Å². The molecule has 1 saturated heterocycles. The van der Waals surface area contributed by atoms with Gasteiger partial charge in [0.15, 0.2) is 11.5 Å². The van der Waals surface area contributed by atoms with Gasteiger partial charge < -0.3 is 19.7 Å². The Balaban J connectivity index is 1.79. The minimum absolute atomic E-state index is 0.0997. The van der Waals surface area contributed by atoms with Gasteiger partial charge in [0.1, 0.15) is 0 Å². The van der Waals surface area contributed by atoms with Crippen molar-refractivity contribution < 1.29 is 19.1 Å². The van der Waals surface area contributed by atoms with Gasteiger partial charge >= 0.3 is 0 Å². The molecule has 2 aromatic carbocycles. The van der Waals surface area contributed by atoms with Crippen molar-refractivity contribution in [1.82, 2.24) is 0 Å². The number of carbonyl (C=O) groups excluding carboxylic acids is 2. The molecule has 1 aliphatic rings. The van der Waals surface area contributed by atoms with Crippen LogP contribution in [0.3, 0.4) is 0 Å². The van der Waals surface area contributed by atoms with Crippen molar-refractivity contribution in [2.45, 2.75) is 26.2 Å². The maximum Gasteiger partial charge on any atom is 0.255 e. The normalized spacial score (nSPS) is 13.5. The van der Waals surface area contributed by atoms with Crippen LogP contribution in [0, 0.1) is 0 Å². The summed E-state index contributed by atoms with van der Waals surface area (Å²) in [6.45, 7) is 3.19. The molecule has 1 fully saturated rings. The number of methoxy groups -OCH3 is 1. The van der Waals surface area contributed by atoms with E-state index in [1.165, 1.54) is 7.11 Å². The molecule has 0 saturated carbocycles. The minimum Gasteiger partial charge on any atom is -0.493 e. The van der Waals surface area contributed by atoms with Crippen LogP contribution in [-0.2, 0) is 4.79 Å². The van der Waals surface area contributed by atoms with E-state index in [1.54, 1.807) is 29.2 Å². The van der Waals surface area contributed by atoms with Gasteiger partial charge in [-0.1, -0.05) is 24.6 Å². The summed E-state index contributed by atoms with van der Waals surface area (Å²) in [5.74, 6) is 0.606. The second-order valence-corrected chi connectivity index (χ2v) is 6.90. The lowest BCUT2D eigenvalue weighted by Gasteiger charge is -2.17. The third-order valence-electron chi connectivity index (χ3n) is 4.43. The van der Waals surface area contributed by atoms with E-state index in [1.807, 2.05) is 19.1 Å². The lowest BCUT2D eigenvalue weighted by atomic mass is 10.1. The predicted molar refractivity (Wildman–Crippen MR) is 110 cm³/mol. The zero-order chi connectivity index (χ0) is 20.1. The Bertz CT molecular complexity index is 885. The van der Waals surface area contributed by atoms with E-state index in [4.69, 9.17) is 21.1 Å². The Labute approximate surface area is 169 Å². The van der Waals surface area contributed by atoms with Crippen molar-refractivity contribution in [1.29, 1.82) is 0 Å². The van der Waals surface area contributed by atoms with Crippen LogP contribution in [0.5, 0.6) is 11.5 Å². The fourth-order valence-corrected chi connectivity index (χ4v) is 3.34. The number of anilines is 2. The van der Waals surface area contributed by atoms with Crippen molar-refractivity contribution >= 4 is 34.8 Å². The van der Waals surface area contributed by atoms with E-state index in [0.717, 1.165) is 18.5 Å². The zero-order valence-electron chi connectivity index (χ0n) is 16.0. The maximum absolute atomic E-state index is 12.7. The molecule has 0 aliphatic carbocycles. The van der Waals surface area contributed by atoms with Crippen LogP contribution in [-0.4, -0.2) is 32.1 Å². The molecule has 1 N–H and O–H groups in total. The molecule has 6 nitrogen and oxygen atoms in total. The van der Waals surface area contributed by atoms with Crippen LogP contribution < -0.4 is 19.7 Å². The molecule has 1 aliphatic heterocycles. The lowest BCUT2D eigenvalue weighted by Crippen LogP contribution is -2.23. The van der Waals surface area contributed by atoms with Crippen LogP contribution in [0.4, 0.5) is 11.4 Å². The second kappa shape index (κ2) is 8.97. The van der Waals surface area contributed by atoms with Gasteiger partial charge in [0.25, 0.3) is 5.91 Å². The molecular formula is C21H23ClN2O4. The van der Waals surface area contributed by atoms with Crippen LogP contribution in [0.1, 0.15) is 36.5 Å². The monoisotopic (exact) mass is 402 g/mol. The van der Waals surface area contributed by atoms with Crippen LogP contribution in [0.2, 0.25) is 5.02 Å². The van der Waals surface area contributed by atoms with Gasteiger partial charge in [0, 0.05) is 29.9 Å². The maximum atomic E-state index is 12.7. The molecule has 1 heterocycles. The van der Waals surface area contributed by atoms with Crippen molar-refractivity contribution in [3.05, 3.63) is 47.0 Å². The fraction of sp³-hybridized carbons (Fsp3) is 0.333. The summed E-state index contributed by atoms with van der Waals surface area (Å²) in [6, 6.07) is 10.4. The Kier molecular flexibility index (Phi) is 6.41. The SMILES string of the molecule is CCCOc1c(Cl)cc(C(=O)Nc2cccc(N3CCCC3=O)c2)cc1OC. The molecule has 0 radical (unpaired) electrons. The molecule has 3 rings (SSSR count). The summed E-state index contributed by atoms with van der Waals surface area (Å²) in [7, 11) is 1.50. The summed E-state index contributed by atoms with van der Waals surface area (Å²) in [6.07, 6.45) is 2.24. The van der Waals surface area contributed by atoms with Crippen LogP contribution in [0.25, 0.3) is 0 Å². The highest BCUT2D eigenvalue weighted by atomic mass is 35.5. The third kappa shape index (κ3) is 4.39. The number of rotatable bonds is 7. The Morgan fingerprint density at radius 1 is 1.29 bits per heavy atom. The molecule has 28 heavy (non-hydrogen) atoms. The summed E-state index contributed by atoms with van der Waals surface area (Å²) >= 11 is 6.29. The smallest absolute Gasteiger partial charge is 0.255 e. The molecule has 148 valence electrons. The zero-order valence-corrected chi connectivity index (χ0v) is 16.7. The first-order valence-electron chi connectivity index (χ1n) is 9.25. The lowest BCUT2D eigenvalue weighted by molar-refractivity contribution is -0.117. The molecule has 7 heteroatoms. The summed E-state index contributed by atoms with van der Waals surface area (Å²) in [5, 5.41) is 3.16. The summed E-state index contributed by atoms with van der Waals surface area (Å²) in [4.78, 5) is 26.4. The number of nitrogens with zero attached hydrogens (tertiary/aromatic N) is 1. The number of nitrogens with one attached hydrogen (secondary N) is 1. The van der Waals surface area contributed by atoms with Crippen LogP contribution in [0.15, 0.2) is 36.4 Å². The molecule has 0 spiro atoms. The van der Waals surface area contributed by atoms with E-state index in [9.17, 15) is 9.59 Å². The highest BCUT2D eigenvalue weighted by Gasteiger charge is 2.22. The fourth-order valence-electron chi connectivity index (χ4n) is 3.07. The molecule has 0 bridgehead atoms. The average molecular weight is 403 g/mol. The number of hydrogen-bond donors (Lipinski definition) is 1. The van der Waals surface area contributed by atoms with Gasteiger partial charge in [-0.2, -0.15) is 0 Å². The van der Waals surface area contributed by atoms with Crippen molar-refractivity contribution in [2.75, 3.05) is 30.5 Å². The average Bonchev–Trinajstić information content (AvgIpc) is 3.12. The molecule has 2 amide bonds. The largest absolute Gasteiger partial charge is 0.493 e. The number of carbonyl (C=O) groups is 2. The van der Waals surface area contributed by atoms with Gasteiger partial charge in [0.05, 0.1) is 18.7 Å². The molecule has 0 unspecified atom stereocenters. The Morgan fingerprint density at radius 2 is 2.11 bits per heavy atom. The quantitative estimate of drug-likeness (QED) is 0.739. The first-order chi connectivity index (χ1) is 13.5. The van der Waals surface area contributed by atoms with E-state index in [2.05, 4.69) is 5.32 Å². The number of amides is 2. The molecule has 2 aromatic rings.